The number of rotatable bonds is 8. The summed E-state index contributed by atoms with van der Waals surface area (Å²) in [7, 11) is 0. The third-order valence-electron chi connectivity index (χ3n) is 7.60. The van der Waals surface area contributed by atoms with Gasteiger partial charge in [0, 0.05) is 36.4 Å². The molecule has 5 N–H and O–H groups in total. The second-order valence-electron chi connectivity index (χ2n) is 10.6. The van der Waals surface area contributed by atoms with Gasteiger partial charge in [0.15, 0.2) is 16.5 Å². The lowest BCUT2D eigenvalue weighted by Crippen LogP contribution is -2.40. The van der Waals surface area contributed by atoms with Gasteiger partial charge in [-0.1, -0.05) is 12.1 Å². The molecule has 3 heterocycles. The first-order valence-corrected chi connectivity index (χ1v) is 15.1. The maximum absolute atomic E-state index is 12.8. The molecule has 2 aromatic heterocycles. The highest BCUT2D eigenvalue weighted by Crippen LogP contribution is 2.26. The minimum atomic E-state index is -0.704. The molecule has 2 fully saturated rings. The molecule has 4 aromatic rings. The summed E-state index contributed by atoms with van der Waals surface area (Å²) >= 11 is 1.40. The summed E-state index contributed by atoms with van der Waals surface area (Å²) in [4.78, 5) is 52.7. The Bertz CT molecular complexity index is 1600. The summed E-state index contributed by atoms with van der Waals surface area (Å²) < 4.78 is 6.32. The van der Waals surface area contributed by atoms with Gasteiger partial charge in [0.1, 0.15) is 5.82 Å². The molecule has 0 radical (unpaired) electrons. The Morgan fingerprint density at radius 1 is 0.930 bits per heavy atom. The molecule has 222 valence electrons. The highest BCUT2D eigenvalue weighted by Gasteiger charge is 2.25. The van der Waals surface area contributed by atoms with Gasteiger partial charge in [0.2, 0.25) is 0 Å². The number of primary amides is 1. The molecule has 1 saturated carbocycles. The van der Waals surface area contributed by atoms with Gasteiger partial charge in [-0.2, -0.15) is 0 Å². The van der Waals surface area contributed by atoms with Gasteiger partial charge >= 0.3 is 0 Å². The van der Waals surface area contributed by atoms with Crippen molar-refractivity contribution in [3.05, 3.63) is 71.0 Å². The smallest absolute Gasteiger partial charge is 0.280 e. The van der Waals surface area contributed by atoms with E-state index in [0.29, 0.717) is 48.4 Å². The van der Waals surface area contributed by atoms with Crippen molar-refractivity contribution in [2.45, 2.75) is 37.8 Å². The topological polar surface area (TPSA) is 164 Å². The number of ether oxygens (including phenoxy) is 1. The molecule has 1 saturated heterocycles. The van der Waals surface area contributed by atoms with Crippen molar-refractivity contribution >= 4 is 56.6 Å². The van der Waals surface area contributed by atoms with Crippen LogP contribution in [0.3, 0.4) is 0 Å². The number of hydrogen-bond donors (Lipinski definition) is 4. The van der Waals surface area contributed by atoms with Crippen LogP contribution in [-0.4, -0.2) is 76.0 Å². The third kappa shape index (κ3) is 6.73. The minimum absolute atomic E-state index is 0.0142. The molecule has 0 unspecified atom stereocenters. The van der Waals surface area contributed by atoms with E-state index in [9.17, 15) is 14.4 Å². The molecule has 2 aromatic carbocycles. The van der Waals surface area contributed by atoms with E-state index in [0.717, 1.165) is 35.9 Å². The molecule has 1 aliphatic carbocycles. The van der Waals surface area contributed by atoms with Crippen LogP contribution in [0.25, 0.3) is 10.2 Å². The molecule has 1 aliphatic heterocycles. The van der Waals surface area contributed by atoms with Crippen LogP contribution in [0, 0.1) is 0 Å². The fraction of sp³-hybridized carbons (Fsp3) is 0.333. The number of thiazole rings is 1. The fourth-order valence-electron chi connectivity index (χ4n) is 5.32. The summed E-state index contributed by atoms with van der Waals surface area (Å²) in [5, 5.41) is 10.1. The van der Waals surface area contributed by atoms with Crippen LogP contribution in [0.15, 0.2) is 54.7 Å². The Kier molecular flexibility index (Phi) is 8.43. The molecule has 12 nitrogen and oxygen atoms in total. The number of para-hydroxylation sites is 1. The maximum atomic E-state index is 12.8. The predicted octanol–water partition coefficient (Wildman–Crippen LogP) is 3.55. The summed E-state index contributed by atoms with van der Waals surface area (Å²) in [6, 6.07) is 14.9. The summed E-state index contributed by atoms with van der Waals surface area (Å²) in [5.74, 6) is -0.162. The molecule has 2 aliphatic rings. The molecular weight excluding hydrogens is 568 g/mol. The van der Waals surface area contributed by atoms with Crippen molar-refractivity contribution < 1.29 is 19.1 Å². The summed E-state index contributed by atoms with van der Waals surface area (Å²) in [6.07, 6.45) is 4.76. The van der Waals surface area contributed by atoms with E-state index >= 15 is 0 Å². The number of benzene rings is 2. The van der Waals surface area contributed by atoms with Crippen LogP contribution < -0.4 is 21.7 Å². The summed E-state index contributed by atoms with van der Waals surface area (Å²) in [6.45, 7) is 2.20. The second-order valence-corrected chi connectivity index (χ2v) is 11.6. The molecule has 0 atom stereocenters. The number of fused-ring (bicyclic) bond motifs is 1. The van der Waals surface area contributed by atoms with E-state index in [2.05, 4.69) is 30.9 Å². The zero-order valence-electron chi connectivity index (χ0n) is 23.4. The Morgan fingerprint density at radius 3 is 2.37 bits per heavy atom. The van der Waals surface area contributed by atoms with Crippen LogP contribution >= 0.6 is 11.3 Å². The molecule has 0 spiro atoms. The van der Waals surface area contributed by atoms with E-state index < -0.39 is 5.91 Å². The number of anilines is 3. The number of hydrogen-bond acceptors (Lipinski definition) is 10. The highest BCUT2D eigenvalue weighted by molar-refractivity contribution is 7.20. The van der Waals surface area contributed by atoms with Crippen LogP contribution in [0.4, 0.5) is 17.3 Å². The van der Waals surface area contributed by atoms with Gasteiger partial charge in [0.05, 0.1) is 29.6 Å². The van der Waals surface area contributed by atoms with E-state index in [4.69, 9.17) is 10.5 Å². The van der Waals surface area contributed by atoms with Gasteiger partial charge < -0.3 is 31.3 Å². The number of amides is 3. The second kappa shape index (κ2) is 12.7. The van der Waals surface area contributed by atoms with E-state index in [1.54, 1.807) is 29.2 Å². The normalized spacial score (nSPS) is 18.7. The monoisotopic (exact) mass is 600 g/mol. The highest BCUT2D eigenvalue weighted by atomic mass is 32.1. The molecule has 6 rings (SSSR count). The van der Waals surface area contributed by atoms with Crippen molar-refractivity contribution in [2.75, 3.05) is 36.9 Å². The number of nitrogens with two attached hydrogens (primary N) is 1. The SMILES string of the molecule is NC(=O)c1ncc(NC2CCC(NC(=O)c3nc4ccccc4s3)CC2)nc1Nc1ccc(C(=O)N2CCOCC2)cc1. The van der Waals surface area contributed by atoms with E-state index in [1.165, 1.54) is 17.5 Å². The standard InChI is InChI=1S/C30H32N8O4S/c31-26(39)25-27(34-20-7-5-18(6-8-20)30(41)38-13-15-42-16-14-38)37-24(17-32-25)33-19-9-11-21(12-10-19)35-28(40)29-36-22-3-1-2-4-23(22)43-29/h1-8,17,19,21H,9-16H2,(H2,31,39)(H,35,40)(H2,33,34,37). The lowest BCUT2D eigenvalue weighted by Gasteiger charge is -2.29. The van der Waals surface area contributed by atoms with Crippen molar-refractivity contribution in [3.8, 4) is 0 Å². The number of nitrogens with one attached hydrogen (secondary N) is 3. The number of morpholine rings is 1. The van der Waals surface area contributed by atoms with Crippen molar-refractivity contribution in [1.29, 1.82) is 0 Å². The van der Waals surface area contributed by atoms with Crippen LogP contribution in [0.2, 0.25) is 0 Å². The van der Waals surface area contributed by atoms with Gasteiger partial charge in [-0.05, 0) is 62.1 Å². The predicted molar refractivity (Wildman–Crippen MR) is 164 cm³/mol. The zero-order chi connectivity index (χ0) is 29.8. The Balaban J connectivity index is 1.05. The number of aromatic nitrogens is 3. The molecule has 13 heteroatoms. The molecule has 3 amide bonds. The molecule has 43 heavy (non-hydrogen) atoms. The lowest BCUT2D eigenvalue weighted by molar-refractivity contribution is 0.0303. The third-order valence-corrected chi connectivity index (χ3v) is 8.64. The van der Waals surface area contributed by atoms with Gasteiger partial charge in [0.25, 0.3) is 17.7 Å². The Labute approximate surface area is 252 Å². The number of carbonyl (C=O) groups excluding carboxylic acids is 3. The van der Waals surface area contributed by atoms with E-state index in [1.807, 2.05) is 24.3 Å². The van der Waals surface area contributed by atoms with Gasteiger partial charge in [-0.3, -0.25) is 14.4 Å². The van der Waals surface area contributed by atoms with Crippen molar-refractivity contribution in [1.82, 2.24) is 25.2 Å². The first kappa shape index (κ1) is 28.5. The van der Waals surface area contributed by atoms with Crippen LogP contribution in [-0.2, 0) is 4.74 Å². The zero-order valence-corrected chi connectivity index (χ0v) is 24.2. The summed E-state index contributed by atoms with van der Waals surface area (Å²) in [5.41, 5.74) is 7.62. The van der Waals surface area contributed by atoms with Crippen LogP contribution in [0.1, 0.15) is 56.3 Å². The van der Waals surface area contributed by atoms with Crippen molar-refractivity contribution in [2.24, 2.45) is 5.73 Å². The van der Waals surface area contributed by atoms with Crippen molar-refractivity contribution in [3.63, 3.8) is 0 Å². The average molecular weight is 601 g/mol. The number of nitrogens with zero attached hydrogens (tertiary/aromatic N) is 4. The average Bonchev–Trinajstić information content (AvgIpc) is 3.47. The first-order valence-electron chi connectivity index (χ1n) is 14.3. The van der Waals surface area contributed by atoms with Crippen LogP contribution in [0.5, 0.6) is 0 Å². The lowest BCUT2D eigenvalue weighted by atomic mass is 9.91. The van der Waals surface area contributed by atoms with Gasteiger partial charge in [-0.15, -0.1) is 11.3 Å². The van der Waals surface area contributed by atoms with Gasteiger partial charge in [-0.25, -0.2) is 15.0 Å². The first-order chi connectivity index (χ1) is 20.9. The quantitative estimate of drug-likeness (QED) is 0.237. The largest absolute Gasteiger partial charge is 0.378 e. The minimum Gasteiger partial charge on any atom is -0.378 e. The number of carbonyl (C=O) groups is 3. The Hall–Kier alpha value is -4.62. The fourth-order valence-corrected chi connectivity index (χ4v) is 6.18. The molecular formula is C30H32N8O4S. The van der Waals surface area contributed by atoms with E-state index in [-0.39, 0.29) is 35.4 Å². The molecule has 0 bridgehead atoms. The maximum Gasteiger partial charge on any atom is 0.280 e. The Morgan fingerprint density at radius 2 is 1.65 bits per heavy atom.